The summed E-state index contributed by atoms with van der Waals surface area (Å²) in [5.74, 6) is 2.59. The Hall–Kier alpha value is -2.36. The molecule has 0 bridgehead atoms. The molecule has 1 aliphatic carbocycles. The quantitative estimate of drug-likeness (QED) is 0.571. The van der Waals surface area contributed by atoms with Gasteiger partial charge in [0.25, 0.3) is 0 Å². The summed E-state index contributed by atoms with van der Waals surface area (Å²) in [5, 5.41) is 0. The molecule has 0 fully saturated rings. The van der Waals surface area contributed by atoms with E-state index in [2.05, 4.69) is 31.0 Å². The van der Waals surface area contributed by atoms with E-state index in [0.29, 0.717) is 11.4 Å². The molecule has 1 atom stereocenters. The van der Waals surface area contributed by atoms with Gasteiger partial charge in [0, 0.05) is 12.3 Å². The number of primary amides is 1. The van der Waals surface area contributed by atoms with Gasteiger partial charge in [0.15, 0.2) is 0 Å². The van der Waals surface area contributed by atoms with Crippen molar-refractivity contribution in [3.63, 3.8) is 0 Å². The van der Waals surface area contributed by atoms with Crippen molar-refractivity contribution >= 4 is 5.91 Å². The first-order chi connectivity index (χ1) is 14.6. The molecule has 0 radical (unpaired) electrons. The van der Waals surface area contributed by atoms with Gasteiger partial charge in [-0.3, -0.25) is 4.79 Å². The standard InChI is InChI=1S/C26H36N2O2/c1-3-19(4-2)16-20-8-5-6-10-22-17-24(14-12-21(22)11-7-9-20)30-25-15-13-23(18-28-25)26(27)29/h12-15,17-20H,3-11,16H2,1-2H3,(H2,27,29). The summed E-state index contributed by atoms with van der Waals surface area (Å²) in [7, 11) is 0. The molecule has 1 heterocycles. The van der Waals surface area contributed by atoms with Crippen molar-refractivity contribution in [2.24, 2.45) is 17.6 Å². The second-order valence-corrected chi connectivity index (χ2v) is 8.70. The lowest BCUT2D eigenvalue weighted by Gasteiger charge is -2.23. The maximum atomic E-state index is 11.2. The SMILES string of the molecule is CCC(CC)CC1CCCCc2cc(Oc3ccc(C(N)=O)cn3)ccc2CCC1. The van der Waals surface area contributed by atoms with Crippen molar-refractivity contribution in [1.29, 1.82) is 0 Å². The summed E-state index contributed by atoms with van der Waals surface area (Å²) in [6, 6.07) is 9.76. The van der Waals surface area contributed by atoms with E-state index in [1.165, 1.54) is 68.7 Å². The van der Waals surface area contributed by atoms with Gasteiger partial charge in [0.1, 0.15) is 5.75 Å². The van der Waals surface area contributed by atoms with Gasteiger partial charge in [0.2, 0.25) is 11.8 Å². The molecule has 2 aromatic rings. The number of carbonyl (C=O) groups is 1. The van der Waals surface area contributed by atoms with E-state index < -0.39 is 5.91 Å². The summed E-state index contributed by atoms with van der Waals surface area (Å²) in [4.78, 5) is 15.4. The fourth-order valence-corrected chi connectivity index (χ4v) is 4.65. The minimum Gasteiger partial charge on any atom is -0.439 e. The van der Waals surface area contributed by atoms with Crippen LogP contribution < -0.4 is 10.5 Å². The summed E-state index contributed by atoms with van der Waals surface area (Å²) in [6.45, 7) is 4.68. The highest BCUT2D eigenvalue weighted by Crippen LogP contribution is 2.31. The Morgan fingerprint density at radius 2 is 1.83 bits per heavy atom. The second kappa shape index (κ2) is 11.1. The molecule has 30 heavy (non-hydrogen) atoms. The van der Waals surface area contributed by atoms with Crippen molar-refractivity contribution in [3.8, 4) is 11.6 Å². The molecular weight excluding hydrogens is 372 g/mol. The molecule has 4 nitrogen and oxygen atoms in total. The van der Waals surface area contributed by atoms with Gasteiger partial charge in [-0.25, -0.2) is 4.98 Å². The summed E-state index contributed by atoms with van der Waals surface area (Å²) >= 11 is 0. The van der Waals surface area contributed by atoms with Gasteiger partial charge in [0.05, 0.1) is 5.56 Å². The smallest absolute Gasteiger partial charge is 0.250 e. The number of hydrogen-bond donors (Lipinski definition) is 1. The molecule has 0 aliphatic heterocycles. The van der Waals surface area contributed by atoms with E-state index in [9.17, 15) is 4.79 Å². The van der Waals surface area contributed by atoms with Crippen LogP contribution in [0.25, 0.3) is 0 Å². The molecule has 162 valence electrons. The first-order valence-corrected chi connectivity index (χ1v) is 11.6. The normalized spacial score (nSPS) is 17.4. The van der Waals surface area contributed by atoms with Crippen LogP contribution in [-0.4, -0.2) is 10.9 Å². The number of benzene rings is 1. The molecule has 0 saturated heterocycles. The van der Waals surface area contributed by atoms with Crippen molar-refractivity contribution in [2.45, 2.75) is 78.1 Å². The van der Waals surface area contributed by atoms with Crippen LogP contribution in [0, 0.1) is 11.8 Å². The zero-order valence-electron chi connectivity index (χ0n) is 18.5. The predicted molar refractivity (Wildman–Crippen MR) is 122 cm³/mol. The van der Waals surface area contributed by atoms with Crippen LogP contribution in [0.4, 0.5) is 0 Å². The number of aromatic nitrogens is 1. The van der Waals surface area contributed by atoms with Crippen molar-refractivity contribution in [3.05, 3.63) is 53.2 Å². The Kier molecular flexibility index (Phi) is 8.30. The molecule has 1 aromatic carbocycles. The van der Waals surface area contributed by atoms with Gasteiger partial charge in [-0.1, -0.05) is 52.0 Å². The first-order valence-electron chi connectivity index (χ1n) is 11.6. The zero-order valence-corrected chi connectivity index (χ0v) is 18.5. The Morgan fingerprint density at radius 1 is 1.07 bits per heavy atom. The molecule has 3 rings (SSSR count). The Bertz CT molecular complexity index is 812. The average molecular weight is 409 g/mol. The van der Waals surface area contributed by atoms with Crippen LogP contribution in [-0.2, 0) is 12.8 Å². The van der Waals surface area contributed by atoms with E-state index in [1.807, 2.05) is 6.07 Å². The van der Waals surface area contributed by atoms with Crippen molar-refractivity contribution < 1.29 is 9.53 Å². The number of amides is 1. The van der Waals surface area contributed by atoms with Crippen LogP contribution >= 0.6 is 0 Å². The molecule has 2 N–H and O–H groups in total. The fraction of sp³-hybridized carbons (Fsp3) is 0.538. The molecule has 1 amide bonds. The number of nitrogens with zero attached hydrogens (tertiary/aromatic N) is 1. The third-order valence-electron chi connectivity index (χ3n) is 6.61. The molecular formula is C26H36N2O2. The van der Waals surface area contributed by atoms with Crippen LogP contribution in [0.2, 0.25) is 0 Å². The third kappa shape index (κ3) is 6.32. The van der Waals surface area contributed by atoms with E-state index >= 15 is 0 Å². The number of hydrogen-bond acceptors (Lipinski definition) is 3. The Labute approximate surface area is 181 Å². The lowest BCUT2D eigenvalue weighted by molar-refractivity contribution is 0.1000. The van der Waals surface area contributed by atoms with Gasteiger partial charge < -0.3 is 10.5 Å². The molecule has 4 heteroatoms. The number of aryl methyl sites for hydroxylation is 2. The number of fused-ring (bicyclic) bond motifs is 1. The monoisotopic (exact) mass is 408 g/mol. The number of nitrogens with two attached hydrogens (primary N) is 1. The number of pyridine rings is 1. The van der Waals surface area contributed by atoms with E-state index in [0.717, 1.165) is 30.4 Å². The maximum absolute atomic E-state index is 11.2. The summed E-state index contributed by atoms with van der Waals surface area (Å²) in [6.07, 6.45) is 14.3. The van der Waals surface area contributed by atoms with Crippen LogP contribution in [0.5, 0.6) is 11.6 Å². The largest absolute Gasteiger partial charge is 0.439 e. The topological polar surface area (TPSA) is 65.2 Å². The minimum absolute atomic E-state index is 0.385. The second-order valence-electron chi connectivity index (χ2n) is 8.70. The highest BCUT2D eigenvalue weighted by Gasteiger charge is 2.16. The Morgan fingerprint density at radius 3 is 2.53 bits per heavy atom. The van der Waals surface area contributed by atoms with Gasteiger partial charge in [-0.2, -0.15) is 0 Å². The van der Waals surface area contributed by atoms with E-state index in [1.54, 1.807) is 12.1 Å². The molecule has 0 saturated carbocycles. The highest BCUT2D eigenvalue weighted by molar-refractivity contribution is 5.92. The lowest BCUT2D eigenvalue weighted by Crippen LogP contribution is -2.11. The van der Waals surface area contributed by atoms with Crippen LogP contribution in [0.1, 0.15) is 86.7 Å². The minimum atomic E-state index is -0.482. The summed E-state index contributed by atoms with van der Waals surface area (Å²) < 4.78 is 5.93. The number of rotatable bonds is 7. The van der Waals surface area contributed by atoms with Crippen LogP contribution in [0.3, 0.4) is 0 Å². The zero-order chi connectivity index (χ0) is 21.3. The predicted octanol–water partition coefficient (Wildman–Crippen LogP) is 6.46. The Balaban J connectivity index is 1.64. The van der Waals surface area contributed by atoms with Crippen molar-refractivity contribution in [2.75, 3.05) is 0 Å². The van der Waals surface area contributed by atoms with E-state index in [4.69, 9.17) is 10.5 Å². The van der Waals surface area contributed by atoms with Crippen molar-refractivity contribution in [1.82, 2.24) is 4.98 Å². The number of carbonyl (C=O) groups excluding carboxylic acids is 1. The lowest BCUT2D eigenvalue weighted by atomic mass is 9.82. The highest BCUT2D eigenvalue weighted by atomic mass is 16.5. The average Bonchev–Trinajstić information content (AvgIpc) is 2.76. The van der Waals surface area contributed by atoms with Crippen LogP contribution in [0.15, 0.2) is 36.5 Å². The summed E-state index contributed by atoms with van der Waals surface area (Å²) in [5.41, 5.74) is 8.52. The van der Waals surface area contributed by atoms with Gasteiger partial charge >= 0.3 is 0 Å². The molecule has 1 unspecified atom stereocenters. The molecule has 1 aliphatic rings. The molecule has 1 aromatic heterocycles. The maximum Gasteiger partial charge on any atom is 0.250 e. The third-order valence-corrected chi connectivity index (χ3v) is 6.61. The first kappa shape index (κ1) is 22.3. The van der Waals surface area contributed by atoms with Gasteiger partial charge in [-0.05, 0) is 73.3 Å². The molecule has 0 spiro atoms. The fourth-order valence-electron chi connectivity index (χ4n) is 4.65. The van der Waals surface area contributed by atoms with Gasteiger partial charge in [-0.15, -0.1) is 0 Å². The van der Waals surface area contributed by atoms with E-state index in [-0.39, 0.29) is 0 Å². The number of ether oxygens (including phenoxy) is 1.